The first kappa shape index (κ1) is 20.7. The van der Waals surface area contributed by atoms with E-state index in [2.05, 4.69) is 10.6 Å². The topological polar surface area (TPSA) is 76.7 Å². The van der Waals surface area contributed by atoms with Crippen LogP contribution in [-0.4, -0.2) is 19.1 Å². The smallest absolute Gasteiger partial charge is 0.337 e. The Morgan fingerprint density at radius 1 is 1.17 bits per heavy atom. The summed E-state index contributed by atoms with van der Waals surface area (Å²) in [7, 11) is 1.32. The van der Waals surface area contributed by atoms with Gasteiger partial charge in [0.05, 0.1) is 23.7 Å². The highest BCUT2D eigenvalue weighted by molar-refractivity contribution is 6.32. The van der Waals surface area contributed by atoms with Gasteiger partial charge in [0.2, 0.25) is 0 Å². The van der Waals surface area contributed by atoms with Gasteiger partial charge in [-0.15, -0.1) is 0 Å². The summed E-state index contributed by atoms with van der Waals surface area (Å²) in [6, 6.07) is 10.3. The number of urea groups is 1. The van der Waals surface area contributed by atoms with Gasteiger partial charge < -0.3 is 20.1 Å². The van der Waals surface area contributed by atoms with E-state index in [1.807, 2.05) is 44.2 Å². The lowest BCUT2D eigenvalue weighted by atomic mass is 9.89. The Balaban J connectivity index is 1.99. The van der Waals surface area contributed by atoms with Crippen molar-refractivity contribution in [2.75, 3.05) is 7.11 Å². The molecule has 2 aromatic carbocycles. The molecule has 0 saturated carbocycles. The summed E-state index contributed by atoms with van der Waals surface area (Å²) in [6.45, 7) is 5.89. The number of aryl methyl sites for hydroxylation is 1. The average molecular weight is 415 g/mol. The lowest BCUT2D eigenvalue weighted by Gasteiger charge is -2.29. The number of carbonyl (C=O) groups excluding carboxylic acids is 2. The van der Waals surface area contributed by atoms with Crippen LogP contribution in [0.5, 0.6) is 5.75 Å². The minimum absolute atomic E-state index is 0.305. The van der Waals surface area contributed by atoms with Crippen LogP contribution in [0.1, 0.15) is 35.2 Å². The predicted octanol–water partition coefficient (Wildman–Crippen LogP) is 4.34. The van der Waals surface area contributed by atoms with Gasteiger partial charge in [-0.05, 0) is 49.6 Å². The number of allylic oxidation sites excluding steroid dienone is 1. The fourth-order valence-corrected chi connectivity index (χ4v) is 3.63. The number of para-hydroxylation sites is 1. The molecule has 2 amide bonds. The van der Waals surface area contributed by atoms with Crippen molar-refractivity contribution in [1.29, 1.82) is 0 Å². The zero-order chi connectivity index (χ0) is 21.1. The molecule has 0 spiro atoms. The maximum absolute atomic E-state index is 12.4. The molecule has 29 heavy (non-hydrogen) atoms. The van der Waals surface area contributed by atoms with E-state index in [-0.39, 0.29) is 6.03 Å². The fourth-order valence-electron chi connectivity index (χ4n) is 3.44. The van der Waals surface area contributed by atoms with E-state index in [1.54, 1.807) is 13.0 Å². The normalized spacial score (nSPS) is 16.2. The van der Waals surface area contributed by atoms with Crippen LogP contribution >= 0.6 is 11.6 Å². The summed E-state index contributed by atoms with van der Waals surface area (Å²) in [4.78, 5) is 24.5. The van der Waals surface area contributed by atoms with E-state index < -0.39 is 12.0 Å². The van der Waals surface area contributed by atoms with Gasteiger partial charge >= 0.3 is 12.0 Å². The molecule has 152 valence electrons. The molecule has 1 aliphatic heterocycles. The number of ether oxygens (including phenoxy) is 2. The molecule has 0 aromatic heterocycles. The molecule has 0 fully saturated rings. The molecule has 1 unspecified atom stereocenters. The Morgan fingerprint density at radius 2 is 1.90 bits per heavy atom. The number of nitrogens with one attached hydrogen (secondary N) is 2. The summed E-state index contributed by atoms with van der Waals surface area (Å²) in [6.07, 6.45) is 0. The van der Waals surface area contributed by atoms with Gasteiger partial charge in [-0.1, -0.05) is 41.4 Å². The Bertz CT molecular complexity index is 1000. The van der Waals surface area contributed by atoms with Crippen LogP contribution in [-0.2, 0) is 16.1 Å². The molecule has 3 rings (SSSR count). The zero-order valence-electron chi connectivity index (χ0n) is 16.8. The Kier molecular flexibility index (Phi) is 6.13. The molecule has 1 aliphatic rings. The van der Waals surface area contributed by atoms with Crippen molar-refractivity contribution in [3.05, 3.63) is 74.9 Å². The molecule has 7 heteroatoms. The van der Waals surface area contributed by atoms with Gasteiger partial charge in [0, 0.05) is 5.70 Å². The van der Waals surface area contributed by atoms with Crippen LogP contribution in [0, 0.1) is 13.8 Å². The molecule has 2 aromatic rings. The Morgan fingerprint density at radius 3 is 2.59 bits per heavy atom. The largest absolute Gasteiger partial charge is 0.487 e. The number of hydrogen-bond donors (Lipinski definition) is 2. The van der Waals surface area contributed by atoms with E-state index in [1.165, 1.54) is 7.11 Å². The number of hydrogen-bond acceptors (Lipinski definition) is 4. The Hall–Kier alpha value is -2.99. The second-order valence-corrected chi connectivity index (χ2v) is 7.33. The molecule has 0 bridgehead atoms. The van der Waals surface area contributed by atoms with E-state index in [0.717, 1.165) is 22.3 Å². The first-order valence-corrected chi connectivity index (χ1v) is 9.53. The molecular formula is C22H23ClN2O4. The van der Waals surface area contributed by atoms with Gasteiger partial charge in [0.1, 0.15) is 12.4 Å². The SMILES string of the molecule is COC(=O)C1=C(C)NC(=O)NC1c1cc(C)cc(COc2ccccc2Cl)c1C. The van der Waals surface area contributed by atoms with Crippen molar-refractivity contribution in [2.45, 2.75) is 33.4 Å². The van der Waals surface area contributed by atoms with E-state index in [4.69, 9.17) is 21.1 Å². The lowest BCUT2D eigenvalue weighted by molar-refractivity contribution is -0.136. The van der Waals surface area contributed by atoms with Crippen molar-refractivity contribution in [1.82, 2.24) is 10.6 Å². The second-order valence-electron chi connectivity index (χ2n) is 6.92. The summed E-state index contributed by atoms with van der Waals surface area (Å²) in [5.41, 5.74) is 4.51. The van der Waals surface area contributed by atoms with Crippen LogP contribution in [0.3, 0.4) is 0 Å². The number of benzene rings is 2. The van der Waals surface area contributed by atoms with Crippen molar-refractivity contribution in [3.8, 4) is 5.75 Å². The molecule has 0 aliphatic carbocycles. The zero-order valence-corrected chi connectivity index (χ0v) is 17.5. The van der Waals surface area contributed by atoms with E-state index in [9.17, 15) is 9.59 Å². The third-order valence-corrected chi connectivity index (χ3v) is 5.22. The third-order valence-electron chi connectivity index (χ3n) is 4.91. The summed E-state index contributed by atoms with van der Waals surface area (Å²) >= 11 is 6.18. The Labute approximate surface area is 174 Å². The molecule has 0 radical (unpaired) electrons. The quantitative estimate of drug-likeness (QED) is 0.713. The summed E-state index contributed by atoms with van der Waals surface area (Å²) < 4.78 is 10.8. The highest BCUT2D eigenvalue weighted by Crippen LogP contribution is 2.32. The lowest BCUT2D eigenvalue weighted by Crippen LogP contribution is -2.45. The first-order chi connectivity index (χ1) is 13.8. The molecule has 2 N–H and O–H groups in total. The average Bonchev–Trinajstić information content (AvgIpc) is 2.68. The maximum atomic E-state index is 12.4. The number of rotatable bonds is 5. The van der Waals surface area contributed by atoms with Gasteiger partial charge in [-0.2, -0.15) is 0 Å². The second kappa shape index (κ2) is 8.57. The van der Waals surface area contributed by atoms with Crippen LogP contribution in [0.25, 0.3) is 0 Å². The van der Waals surface area contributed by atoms with Crippen molar-refractivity contribution in [2.24, 2.45) is 0 Å². The maximum Gasteiger partial charge on any atom is 0.337 e. The standard InChI is InChI=1S/C22H23ClN2O4/c1-12-9-15(11-29-18-8-6-5-7-17(18)23)13(2)16(10-12)20-19(21(26)28-4)14(3)24-22(27)25-20/h5-10,20H,11H2,1-4H3,(H2,24,25,27). The minimum atomic E-state index is -0.616. The molecule has 6 nitrogen and oxygen atoms in total. The summed E-state index contributed by atoms with van der Waals surface area (Å²) in [5.74, 6) is 0.104. The van der Waals surface area contributed by atoms with Gasteiger partial charge in [0.25, 0.3) is 0 Å². The number of esters is 1. The third kappa shape index (κ3) is 4.38. The van der Waals surface area contributed by atoms with Gasteiger partial charge in [-0.25, -0.2) is 9.59 Å². The molecule has 1 heterocycles. The van der Waals surface area contributed by atoms with Crippen LogP contribution in [0.4, 0.5) is 4.79 Å². The first-order valence-electron chi connectivity index (χ1n) is 9.15. The number of halogens is 1. The highest BCUT2D eigenvalue weighted by atomic mass is 35.5. The van der Waals surface area contributed by atoms with E-state index in [0.29, 0.717) is 28.6 Å². The van der Waals surface area contributed by atoms with Crippen LogP contribution in [0.2, 0.25) is 5.02 Å². The molecule has 0 saturated heterocycles. The summed E-state index contributed by atoms with van der Waals surface area (Å²) in [5, 5.41) is 6.01. The number of carbonyl (C=O) groups is 2. The van der Waals surface area contributed by atoms with Crippen molar-refractivity contribution >= 4 is 23.6 Å². The number of methoxy groups -OCH3 is 1. The van der Waals surface area contributed by atoms with Crippen LogP contribution < -0.4 is 15.4 Å². The van der Waals surface area contributed by atoms with Gasteiger partial charge in [0.15, 0.2) is 0 Å². The van der Waals surface area contributed by atoms with E-state index >= 15 is 0 Å². The predicted molar refractivity (Wildman–Crippen MR) is 111 cm³/mol. The monoisotopic (exact) mass is 414 g/mol. The van der Waals surface area contributed by atoms with Crippen molar-refractivity contribution < 1.29 is 19.1 Å². The molecule has 1 atom stereocenters. The van der Waals surface area contributed by atoms with Gasteiger partial charge in [-0.3, -0.25) is 0 Å². The highest BCUT2D eigenvalue weighted by Gasteiger charge is 2.33. The van der Waals surface area contributed by atoms with Crippen LogP contribution in [0.15, 0.2) is 47.7 Å². The minimum Gasteiger partial charge on any atom is -0.487 e. The van der Waals surface area contributed by atoms with Crippen molar-refractivity contribution in [3.63, 3.8) is 0 Å². The molecular weight excluding hydrogens is 392 g/mol. The number of amides is 2. The fraction of sp³-hybridized carbons (Fsp3) is 0.273.